The van der Waals surface area contributed by atoms with Crippen LogP contribution in [0.5, 0.6) is 0 Å². The highest BCUT2D eigenvalue weighted by atomic mass is 16.4. The van der Waals surface area contributed by atoms with Gasteiger partial charge in [0.05, 0.1) is 5.92 Å². The molecule has 0 aromatic heterocycles. The van der Waals surface area contributed by atoms with Crippen molar-refractivity contribution in [1.29, 1.82) is 0 Å². The smallest absolute Gasteiger partial charge is 0.306 e. The molecule has 1 rings (SSSR count). The van der Waals surface area contributed by atoms with Crippen LogP contribution in [0, 0.1) is 5.92 Å². The number of carboxylic acid groups (broad SMARTS) is 1. The van der Waals surface area contributed by atoms with E-state index in [1.54, 1.807) is 0 Å². The lowest BCUT2D eigenvalue weighted by molar-refractivity contribution is -0.142. The fourth-order valence-corrected chi connectivity index (χ4v) is 1.61. The van der Waals surface area contributed by atoms with Gasteiger partial charge in [-0.2, -0.15) is 0 Å². The van der Waals surface area contributed by atoms with Gasteiger partial charge in [0.25, 0.3) is 0 Å². The van der Waals surface area contributed by atoms with E-state index in [1.165, 1.54) is 6.42 Å². The topological polar surface area (TPSA) is 66.6 Å². The maximum absolute atomic E-state index is 10.4. The van der Waals surface area contributed by atoms with Gasteiger partial charge in [0, 0.05) is 13.1 Å². The largest absolute Gasteiger partial charge is 0.481 e. The van der Waals surface area contributed by atoms with Gasteiger partial charge in [-0.15, -0.1) is 0 Å². The van der Waals surface area contributed by atoms with Crippen LogP contribution in [0.1, 0.15) is 32.1 Å². The van der Waals surface area contributed by atoms with Crippen LogP contribution in [-0.4, -0.2) is 43.2 Å². The molecule has 15 heavy (non-hydrogen) atoms. The molecule has 90 valence electrons. The van der Waals surface area contributed by atoms with E-state index < -0.39 is 5.97 Å². The Morgan fingerprint density at radius 1 is 1.33 bits per heavy atom. The first kappa shape index (κ1) is 14.4. The minimum atomic E-state index is -0.602. The highest BCUT2D eigenvalue weighted by Gasteiger charge is 2.19. The van der Waals surface area contributed by atoms with Crippen molar-refractivity contribution in [3.05, 3.63) is 0 Å². The Balaban J connectivity index is 0.000000288. The van der Waals surface area contributed by atoms with Crippen LogP contribution < -0.4 is 5.73 Å². The van der Waals surface area contributed by atoms with Gasteiger partial charge in [0.2, 0.25) is 0 Å². The van der Waals surface area contributed by atoms with E-state index >= 15 is 0 Å². The molecule has 0 unspecified atom stereocenters. The van der Waals surface area contributed by atoms with Gasteiger partial charge >= 0.3 is 5.97 Å². The van der Waals surface area contributed by atoms with E-state index in [4.69, 9.17) is 10.8 Å². The van der Waals surface area contributed by atoms with Crippen LogP contribution in [0.15, 0.2) is 0 Å². The number of carbonyl (C=O) groups is 1. The van der Waals surface area contributed by atoms with E-state index in [-0.39, 0.29) is 5.92 Å². The quantitative estimate of drug-likeness (QED) is 0.743. The summed E-state index contributed by atoms with van der Waals surface area (Å²) in [5, 5.41) is 8.54. The highest BCUT2D eigenvalue weighted by molar-refractivity contribution is 5.69. The minimum Gasteiger partial charge on any atom is -0.481 e. The number of nitrogens with zero attached hydrogens (tertiary/aromatic N) is 1. The zero-order chi connectivity index (χ0) is 11.7. The third-order valence-electron chi connectivity index (χ3n) is 2.53. The predicted octanol–water partition coefficient (Wildman–Crippen LogP) is 1.16. The number of likely N-dealkylation sites (N-methyl/N-ethyl adjacent to an activating group) is 1. The lowest BCUT2D eigenvalue weighted by Gasteiger charge is -2.16. The lowest BCUT2D eigenvalue weighted by Crippen LogP contribution is -2.20. The Morgan fingerprint density at radius 3 is 2.07 bits per heavy atom. The van der Waals surface area contributed by atoms with Gasteiger partial charge in [0.15, 0.2) is 0 Å². The summed E-state index contributed by atoms with van der Waals surface area (Å²) in [6.07, 6.45) is 5.24. The second kappa shape index (κ2) is 8.68. The van der Waals surface area contributed by atoms with Crippen LogP contribution >= 0.6 is 0 Å². The number of hydrogen-bond donors (Lipinski definition) is 2. The molecule has 1 aliphatic rings. The molecule has 0 bridgehead atoms. The summed E-state index contributed by atoms with van der Waals surface area (Å²) in [7, 11) is 4.01. The van der Waals surface area contributed by atoms with Crippen molar-refractivity contribution in [2.24, 2.45) is 11.7 Å². The van der Waals surface area contributed by atoms with E-state index in [2.05, 4.69) is 4.90 Å². The van der Waals surface area contributed by atoms with Crippen molar-refractivity contribution in [3.63, 3.8) is 0 Å². The molecule has 0 spiro atoms. The Morgan fingerprint density at radius 2 is 1.87 bits per heavy atom. The monoisotopic (exact) mass is 216 g/mol. The van der Waals surface area contributed by atoms with Gasteiger partial charge in [0.1, 0.15) is 0 Å². The molecule has 0 aromatic rings. The third kappa shape index (κ3) is 8.39. The zero-order valence-electron chi connectivity index (χ0n) is 9.91. The molecule has 4 heteroatoms. The third-order valence-corrected chi connectivity index (χ3v) is 2.53. The molecule has 0 amide bonds. The summed E-state index contributed by atoms with van der Waals surface area (Å²) in [4.78, 5) is 12.4. The molecule has 3 N–H and O–H groups in total. The minimum absolute atomic E-state index is 0.0289. The zero-order valence-corrected chi connectivity index (χ0v) is 9.91. The predicted molar refractivity (Wildman–Crippen MR) is 61.8 cm³/mol. The van der Waals surface area contributed by atoms with Gasteiger partial charge in [-0.05, 0) is 26.9 Å². The Hall–Kier alpha value is -0.610. The molecule has 0 saturated heterocycles. The van der Waals surface area contributed by atoms with Crippen molar-refractivity contribution in [2.45, 2.75) is 32.1 Å². The van der Waals surface area contributed by atoms with E-state index in [0.29, 0.717) is 0 Å². The summed E-state index contributed by atoms with van der Waals surface area (Å²) in [6, 6.07) is 0. The molecule has 0 aliphatic heterocycles. The summed E-state index contributed by atoms with van der Waals surface area (Å²) in [5.74, 6) is -0.631. The molecule has 1 aliphatic carbocycles. The fourth-order valence-electron chi connectivity index (χ4n) is 1.61. The summed E-state index contributed by atoms with van der Waals surface area (Å²) in [5.41, 5.74) is 5.19. The molecule has 1 saturated carbocycles. The van der Waals surface area contributed by atoms with Crippen molar-refractivity contribution >= 4 is 5.97 Å². The highest BCUT2D eigenvalue weighted by Crippen LogP contribution is 2.23. The molecule has 0 aromatic carbocycles. The maximum Gasteiger partial charge on any atom is 0.306 e. The second-order valence-corrected chi connectivity index (χ2v) is 4.27. The summed E-state index contributed by atoms with van der Waals surface area (Å²) in [6.45, 7) is 1.74. The fraction of sp³-hybridized carbons (Fsp3) is 0.909. The van der Waals surface area contributed by atoms with Gasteiger partial charge in [-0.1, -0.05) is 19.3 Å². The van der Waals surface area contributed by atoms with Crippen molar-refractivity contribution in [3.8, 4) is 0 Å². The summed E-state index contributed by atoms with van der Waals surface area (Å²) < 4.78 is 0. The number of nitrogens with two attached hydrogens (primary N) is 1. The van der Waals surface area contributed by atoms with Crippen molar-refractivity contribution < 1.29 is 9.90 Å². The van der Waals surface area contributed by atoms with Crippen molar-refractivity contribution in [2.75, 3.05) is 27.2 Å². The van der Waals surface area contributed by atoms with Crippen LogP contribution in [0.2, 0.25) is 0 Å². The van der Waals surface area contributed by atoms with Gasteiger partial charge in [-0.25, -0.2) is 0 Å². The Bertz CT molecular complexity index is 166. The molecule has 0 heterocycles. The summed E-state index contributed by atoms with van der Waals surface area (Å²) >= 11 is 0. The number of rotatable bonds is 3. The standard InChI is InChI=1S/C7H12O2.C4H12N2/c8-7(9)6-4-2-1-3-5-6;1-6(2)4-3-5/h6H,1-5H2,(H,8,9);3-5H2,1-2H3. The first-order valence-electron chi connectivity index (χ1n) is 5.65. The van der Waals surface area contributed by atoms with E-state index in [9.17, 15) is 4.79 Å². The van der Waals surface area contributed by atoms with Crippen LogP contribution in [-0.2, 0) is 4.79 Å². The number of aliphatic carboxylic acids is 1. The number of hydrogen-bond acceptors (Lipinski definition) is 3. The molecule has 0 atom stereocenters. The number of carboxylic acids is 1. The molecular formula is C11H24N2O2. The first-order valence-corrected chi connectivity index (χ1v) is 5.65. The first-order chi connectivity index (χ1) is 7.07. The normalized spacial score (nSPS) is 17.1. The Labute approximate surface area is 92.4 Å². The maximum atomic E-state index is 10.4. The average Bonchev–Trinajstić information content (AvgIpc) is 2.20. The van der Waals surface area contributed by atoms with E-state index in [1.807, 2.05) is 14.1 Å². The Kier molecular flexibility index (Phi) is 8.33. The van der Waals surface area contributed by atoms with Crippen LogP contribution in [0.4, 0.5) is 0 Å². The lowest BCUT2D eigenvalue weighted by atomic mass is 9.90. The SMILES string of the molecule is CN(C)CCN.O=C(O)C1CCCCC1. The molecular weight excluding hydrogens is 192 g/mol. The van der Waals surface area contributed by atoms with Gasteiger partial charge < -0.3 is 15.7 Å². The molecule has 0 radical (unpaired) electrons. The van der Waals surface area contributed by atoms with Crippen molar-refractivity contribution in [1.82, 2.24) is 4.90 Å². The molecule has 1 fully saturated rings. The second-order valence-electron chi connectivity index (χ2n) is 4.27. The van der Waals surface area contributed by atoms with Gasteiger partial charge in [-0.3, -0.25) is 4.79 Å². The van der Waals surface area contributed by atoms with Crippen LogP contribution in [0.3, 0.4) is 0 Å². The molecule has 4 nitrogen and oxygen atoms in total. The van der Waals surface area contributed by atoms with Crippen LogP contribution in [0.25, 0.3) is 0 Å². The average molecular weight is 216 g/mol. The van der Waals surface area contributed by atoms with E-state index in [0.717, 1.165) is 38.8 Å².